The van der Waals surface area contributed by atoms with Gasteiger partial charge in [0.05, 0.1) is 15.6 Å². The van der Waals surface area contributed by atoms with Crippen LogP contribution in [0.5, 0.6) is 0 Å². The number of hydrogen-bond donors (Lipinski definition) is 1. The monoisotopic (exact) mass is 302 g/mol. The van der Waals surface area contributed by atoms with Crippen molar-refractivity contribution in [1.82, 2.24) is 4.98 Å². The molecule has 2 rings (SSSR count). The lowest BCUT2D eigenvalue weighted by molar-refractivity contribution is 0.0472. The molecule has 0 unspecified atom stereocenters. The predicted octanol–water partition coefficient (Wildman–Crippen LogP) is 3.39. The average Bonchev–Trinajstić information content (AvgIpc) is 2.83. The molecule has 0 radical (unpaired) electrons. The first-order chi connectivity index (χ1) is 8.58. The molecular formula is C11H8Cl2N2O2S. The number of esters is 1. The highest BCUT2D eigenvalue weighted by atomic mass is 35.5. The van der Waals surface area contributed by atoms with Crippen LogP contribution in [0.2, 0.25) is 10.0 Å². The molecule has 0 aliphatic carbocycles. The number of nitrogen functional groups attached to an aromatic ring is 1. The second-order valence-electron chi connectivity index (χ2n) is 3.37. The second kappa shape index (κ2) is 5.56. The van der Waals surface area contributed by atoms with Crippen molar-refractivity contribution < 1.29 is 9.53 Å². The fraction of sp³-hybridized carbons (Fsp3) is 0.0909. The molecule has 0 aliphatic rings. The molecule has 0 bridgehead atoms. The van der Waals surface area contributed by atoms with Gasteiger partial charge in [-0.15, -0.1) is 11.3 Å². The summed E-state index contributed by atoms with van der Waals surface area (Å²) in [6.07, 6.45) is 1.64. The van der Waals surface area contributed by atoms with Crippen LogP contribution in [0, 0.1) is 0 Å². The predicted molar refractivity (Wildman–Crippen MR) is 72.1 cm³/mol. The Labute approximate surface area is 117 Å². The fourth-order valence-electron chi connectivity index (χ4n) is 1.29. The number of nitrogens with zero attached hydrogens (tertiary/aromatic N) is 1. The number of hydrogen-bond acceptors (Lipinski definition) is 5. The fourth-order valence-corrected chi connectivity index (χ4v) is 2.23. The maximum atomic E-state index is 11.8. The molecule has 0 saturated carbocycles. The van der Waals surface area contributed by atoms with E-state index in [0.717, 1.165) is 0 Å². The van der Waals surface area contributed by atoms with Gasteiger partial charge in [0.25, 0.3) is 0 Å². The van der Waals surface area contributed by atoms with Gasteiger partial charge in [0.1, 0.15) is 11.6 Å². The number of carbonyl (C=O) groups excluding carboxylic acids is 1. The van der Waals surface area contributed by atoms with Gasteiger partial charge in [-0.25, -0.2) is 9.78 Å². The van der Waals surface area contributed by atoms with Crippen LogP contribution in [0.25, 0.3) is 0 Å². The molecule has 1 aromatic carbocycles. The van der Waals surface area contributed by atoms with E-state index in [0.29, 0.717) is 10.7 Å². The second-order valence-corrected chi connectivity index (χ2v) is 5.13. The molecule has 1 aromatic heterocycles. The number of ether oxygens (including phenoxy) is 1. The number of halogens is 2. The molecular weight excluding hydrogens is 295 g/mol. The maximum absolute atomic E-state index is 11.8. The van der Waals surface area contributed by atoms with Crippen LogP contribution in [0.15, 0.2) is 23.7 Å². The Kier molecular flexibility index (Phi) is 4.06. The van der Waals surface area contributed by atoms with E-state index < -0.39 is 5.97 Å². The molecule has 2 aromatic rings. The van der Waals surface area contributed by atoms with E-state index in [2.05, 4.69) is 4.98 Å². The minimum absolute atomic E-state index is 0.0965. The number of carbonyl (C=O) groups is 1. The Morgan fingerprint density at radius 2 is 2.22 bits per heavy atom. The molecule has 18 heavy (non-hydrogen) atoms. The van der Waals surface area contributed by atoms with Crippen LogP contribution in [0.1, 0.15) is 15.4 Å². The summed E-state index contributed by atoms with van der Waals surface area (Å²) in [4.78, 5) is 15.8. The van der Waals surface area contributed by atoms with Crippen LogP contribution in [0.3, 0.4) is 0 Å². The first-order valence-electron chi connectivity index (χ1n) is 4.88. The smallest absolute Gasteiger partial charge is 0.340 e. The topological polar surface area (TPSA) is 65.2 Å². The molecule has 7 heteroatoms. The van der Waals surface area contributed by atoms with E-state index in [-0.39, 0.29) is 22.2 Å². The summed E-state index contributed by atoms with van der Waals surface area (Å²) in [5, 5.41) is 2.86. The highest BCUT2D eigenvalue weighted by molar-refractivity contribution is 7.09. The Morgan fingerprint density at radius 3 is 2.89 bits per heavy atom. The zero-order valence-corrected chi connectivity index (χ0v) is 11.4. The third-order valence-corrected chi connectivity index (χ3v) is 3.64. The lowest BCUT2D eigenvalue weighted by Gasteiger charge is -2.07. The Balaban J connectivity index is 2.14. The van der Waals surface area contributed by atoms with Crippen molar-refractivity contribution in [3.05, 3.63) is 44.3 Å². The Bertz CT molecular complexity index is 573. The van der Waals surface area contributed by atoms with Crippen LogP contribution in [-0.2, 0) is 11.3 Å². The molecule has 1 heterocycles. The van der Waals surface area contributed by atoms with Crippen LogP contribution in [0.4, 0.5) is 5.69 Å². The van der Waals surface area contributed by atoms with Gasteiger partial charge in [-0.2, -0.15) is 0 Å². The van der Waals surface area contributed by atoms with E-state index in [1.807, 2.05) is 0 Å². The number of nitrogens with two attached hydrogens (primary N) is 1. The molecule has 0 fully saturated rings. The highest BCUT2D eigenvalue weighted by Crippen LogP contribution is 2.29. The first kappa shape index (κ1) is 13.1. The number of thiazole rings is 1. The average molecular weight is 303 g/mol. The van der Waals surface area contributed by atoms with Crippen molar-refractivity contribution >= 4 is 46.2 Å². The zero-order valence-electron chi connectivity index (χ0n) is 9.02. The highest BCUT2D eigenvalue weighted by Gasteiger charge is 2.16. The molecule has 0 aliphatic heterocycles. The number of rotatable bonds is 3. The van der Waals surface area contributed by atoms with E-state index in [1.54, 1.807) is 11.6 Å². The SMILES string of the molecule is Nc1cc(Cl)c(Cl)c(C(=O)OCc2nccs2)c1. The van der Waals surface area contributed by atoms with E-state index in [9.17, 15) is 4.79 Å². The molecule has 0 atom stereocenters. The van der Waals surface area contributed by atoms with Crippen LogP contribution < -0.4 is 5.73 Å². The Morgan fingerprint density at radius 1 is 1.44 bits per heavy atom. The summed E-state index contributed by atoms with van der Waals surface area (Å²) in [5.74, 6) is -0.579. The lowest BCUT2D eigenvalue weighted by Crippen LogP contribution is -2.07. The summed E-state index contributed by atoms with van der Waals surface area (Å²) >= 11 is 13.2. The molecule has 0 saturated heterocycles. The number of benzene rings is 1. The van der Waals surface area contributed by atoms with Crippen molar-refractivity contribution in [3.63, 3.8) is 0 Å². The van der Waals surface area contributed by atoms with Gasteiger partial charge in [-0.05, 0) is 12.1 Å². The number of aromatic nitrogens is 1. The summed E-state index contributed by atoms with van der Waals surface area (Å²) < 4.78 is 5.07. The van der Waals surface area contributed by atoms with E-state index >= 15 is 0 Å². The van der Waals surface area contributed by atoms with Gasteiger partial charge in [-0.3, -0.25) is 0 Å². The normalized spacial score (nSPS) is 10.3. The van der Waals surface area contributed by atoms with Crippen molar-refractivity contribution in [1.29, 1.82) is 0 Å². The zero-order chi connectivity index (χ0) is 13.1. The maximum Gasteiger partial charge on any atom is 0.340 e. The van der Waals surface area contributed by atoms with E-state index in [4.69, 9.17) is 33.7 Å². The Hall–Kier alpha value is -1.30. The number of anilines is 1. The molecule has 0 amide bonds. The van der Waals surface area contributed by atoms with Crippen molar-refractivity contribution in [3.8, 4) is 0 Å². The third kappa shape index (κ3) is 2.93. The van der Waals surface area contributed by atoms with E-state index in [1.165, 1.54) is 23.5 Å². The largest absolute Gasteiger partial charge is 0.455 e. The van der Waals surface area contributed by atoms with Gasteiger partial charge in [-0.1, -0.05) is 23.2 Å². The van der Waals surface area contributed by atoms with Crippen LogP contribution >= 0.6 is 34.5 Å². The van der Waals surface area contributed by atoms with Crippen molar-refractivity contribution in [2.24, 2.45) is 0 Å². The molecule has 2 N–H and O–H groups in total. The lowest BCUT2D eigenvalue weighted by atomic mass is 10.2. The third-order valence-electron chi connectivity index (χ3n) is 2.08. The van der Waals surface area contributed by atoms with Crippen molar-refractivity contribution in [2.45, 2.75) is 6.61 Å². The standard InChI is InChI=1S/C11H8Cl2N2O2S/c12-8-4-6(14)3-7(10(8)13)11(16)17-5-9-15-1-2-18-9/h1-4H,5,14H2. The van der Waals surface area contributed by atoms with Gasteiger partial charge in [0, 0.05) is 17.3 Å². The first-order valence-corrected chi connectivity index (χ1v) is 6.51. The minimum Gasteiger partial charge on any atom is -0.455 e. The minimum atomic E-state index is -0.579. The molecule has 94 valence electrons. The van der Waals surface area contributed by atoms with Gasteiger partial charge < -0.3 is 10.5 Å². The summed E-state index contributed by atoms with van der Waals surface area (Å²) in [6.45, 7) is 0.0965. The quantitative estimate of drug-likeness (QED) is 0.697. The summed E-state index contributed by atoms with van der Waals surface area (Å²) in [6, 6.07) is 2.90. The summed E-state index contributed by atoms with van der Waals surface area (Å²) in [7, 11) is 0. The molecule has 0 spiro atoms. The van der Waals surface area contributed by atoms with Crippen LogP contribution in [-0.4, -0.2) is 11.0 Å². The van der Waals surface area contributed by atoms with Gasteiger partial charge >= 0.3 is 5.97 Å². The summed E-state index contributed by atoms with van der Waals surface area (Å²) in [5.41, 5.74) is 6.10. The van der Waals surface area contributed by atoms with Gasteiger partial charge in [0.15, 0.2) is 0 Å². The van der Waals surface area contributed by atoms with Crippen molar-refractivity contribution in [2.75, 3.05) is 5.73 Å². The van der Waals surface area contributed by atoms with Gasteiger partial charge in [0.2, 0.25) is 0 Å². The molecule has 4 nitrogen and oxygen atoms in total.